The van der Waals surface area contributed by atoms with Gasteiger partial charge in [-0.3, -0.25) is 0 Å². The predicted octanol–water partition coefficient (Wildman–Crippen LogP) is 3.91. The van der Waals surface area contributed by atoms with Crippen LogP contribution in [0.4, 0.5) is 0 Å². The molecule has 2 aromatic carbocycles. The molecule has 3 heteroatoms. The first-order chi connectivity index (χ1) is 10.8. The topological polar surface area (TPSA) is 35.5 Å². The first kappa shape index (κ1) is 17.3. The van der Waals surface area contributed by atoms with Gasteiger partial charge < -0.3 is 9.47 Å². The second-order valence-corrected chi connectivity index (χ2v) is 3.99. The van der Waals surface area contributed by atoms with Gasteiger partial charge in [-0.25, -0.2) is 4.79 Å². The van der Waals surface area contributed by atoms with E-state index >= 15 is 0 Å². The molecular weight excluding hydrogens is 276 g/mol. The second kappa shape index (κ2) is 9.25. The van der Waals surface area contributed by atoms with Crippen LogP contribution >= 0.6 is 0 Å². The fraction of sp³-hybridized carbons (Fsp3) is 0.211. The summed E-state index contributed by atoms with van der Waals surface area (Å²) in [6, 6.07) is 14.7. The van der Waals surface area contributed by atoms with Crippen molar-refractivity contribution in [3.8, 4) is 17.6 Å². The first-order valence-corrected chi connectivity index (χ1v) is 7.08. The Morgan fingerprint density at radius 3 is 2.18 bits per heavy atom. The van der Waals surface area contributed by atoms with Crippen LogP contribution in [0.2, 0.25) is 0 Å². The molecule has 0 fully saturated rings. The lowest BCUT2D eigenvalue weighted by molar-refractivity contribution is 0.0600. The molecule has 0 unspecified atom stereocenters. The quantitative estimate of drug-likeness (QED) is 0.622. The van der Waals surface area contributed by atoms with Crippen LogP contribution in [0.1, 0.15) is 35.3 Å². The Labute approximate surface area is 131 Å². The van der Waals surface area contributed by atoms with Crippen LogP contribution in [0.15, 0.2) is 48.5 Å². The van der Waals surface area contributed by atoms with Gasteiger partial charge in [0.1, 0.15) is 5.75 Å². The van der Waals surface area contributed by atoms with Gasteiger partial charge in [-0.05, 0) is 24.3 Å². The average molecular weight is 296 g/mol. The smallest absolute Gasteiger partial charge is 0.339 e. The van der Waals surface area contributed by atoms with Gasteiger partial charge in [0.2, 0.25) is 0 Å². The van der Waals surface area contributed by atoms with E-state index in [1.54, 1.807) is 25.3 Å². The molecule has 0 heterocycles. The molecule has 0 aliphatic rings. The van der Waals surface area contributed by atoms with Gasteiger partial charge in [0.05, 0.1) is 25.3 Å². The van der Waals surface area contributed by atoms with E-state index < -0.39 is 5.97 Å². The Kier molecular flexibility index (Phi) is 7.28. The molecular formula is C19H20O3. The molecule has 114 valence electrons. The van der Waals surface area contributed by atoms with Crippen LogP contribution in [0.3, 0.4) is 0 Å². The number of ether oxygens (including phenoxy) is 2. The third kappa shape index (κ3) is 4.39. The highest BCUT2D eigenvalue weighted by Gasteiger charge is 2.14. The third-order valence-corrected chi connectivity index (χ3v) is 2.76. The monoisotopic (exact) mass is 296 g/mol. The summed E-state index contributed by atoms with van der Waals surface area (Å²) in [7, 11) is 2.89. The van der Waals surface area contributed by atoms with E-state index in [2.05, 4.69) is 11.8 Å². The van der Waals surface area contributed by atoms with Crippen molar-refractivity contribution in [2.75, 3.05) is 14.2 Å². The molecule has 0 saturated carbocycles. The number of carbonyl (C=O) groups is 1. The number of benzene rings is 2. The Hall–Kier alpha value is -2.73. The van der Waals surface area contributed by atoms with Crippen molar-refractivity contribution < 1.29 is 14.3 Å². The summed E-state index contributed by atoms with van der Waals surface area (Å²) in [5, 5.41) is 0. The Morgan fingerprint density at radius 2 is 1.59 bits per heavy atom. The molecule has 0 amide bonds. The van der Waals surface area contributed by atoms with Crippen LogP contribution in [0.5, 0.6) is 5.75 Å². The molecule has 0 bridgehead atoms. The highest BCUT2D eigenvalue weighted by atomic mass is 16.5. The van der Waals surface area contributed by atoms with Gasteiger partial charge in [0.15, 0.2) is 0 Å². The molecule has 2 aromatic rings. The van der Waals surface area contributed by atoms with Gasteiger partial charge >= 0.3 is 5.97 Å². The molecule has 2 rings (SSSR count). The average Bonchev–Trinajstić information content (AvgIpc) is 2.61. The van der Waals surface area contributed by atoms with E-state index in [1.165, 1.54) is 7.11 Å². The maximum absolute atomic E-state index is 11.8. The number of esters is 1. The molecule has 0 aliphatic carbocycles. The first-order valence-electron chi connectivity index (χ1n) is 7.08. The van der Waals surface area contributed by atoms with Gasteiger partial charge in [0, 0.05) is 5.56 Å². The minimum Gasteiger partial charge on any atom is -0.495 e. The van der Waals surface area contributed by atoms with E-state index in [1.807, 2.05) is 44.2 Å². The highest BCUT2D eigenvalue weighted by Crippen LogP contribution is 2.22. The van der Waals surface area contributed by atoms with Crippen LogP contribution in [0.25, 0.3) is 0 Å². The van der Waals surface area contributed by atoms with Crippen LogP contribution in [-0.4, -0.2) is 20.2 Å². The SMILES string of the molecule is CC.COC(=O)c1cccc(OC)c1C#Cc1ccccc1. The Bertz CT molecular complexity index is 664. The zero-order valence-electron chi connectivity index (χ0n) is 13.3. The summed E-state index contributed by atoms with van der Waals surface area (Å²) in [6.07, 6.45) is 0. The van der Waals surface area contributed by atoms with Crippen molar-refractivity contribution in [1.29, 1.82) is 0 Å². The second-order valence-electron chi connectivity index (χ2n) is 3.99. The molecule has 0 spiro atoms. The molecule has 0 atom stereocenters. The van der Waals surface area contributed by atoms with Gasteiger partial charge in [0.25, 0.3) is 0 Å². The molecule has 0 N–H and O–H groups in total. The molecule has 3 nitrogen and oxygen atoms in total. The van der Waals surface area contributed by atoms with Crippen LogP contribution in [-0.2, 0) is 4.74 Å². The summed E-state index contributed by atoms with van der Waals surface area (Å²) in [6.45, 7) is 4.00. The van der Waals surface area contributed by atoms with Crippen LogP contribution in [0, 0.1) is 11.8 Å². The standard InChI is InChI=1S/C17H14O3.C2H6/c1-19-16-10-6-9-15(17(18)20-2)14(16)12-11-13-7-4-3-5-8-13;1-2/h3-10H,1-2H3;1-2H3. The van der Waals surface area contributed by atoms with Gasteiger partial charge in [-0.15, -0.1) is 0 Å². The largest absolute Gasteiger partial charge is 0.495 e. The minimum absolute atomic E-state index is 0.398. The minimum atomic E-state index is -0.429. The summed E-state index contributed by atoms with van der Waals surface area (Å²) < 4.78 is 10.0. The number of methoxy groups -OCH3 is 2. The summed E-state index contributed by atoms with van der Waals surface area (Å²) in [5.41, 5.74) is 1.80. The predicted molar refractivity (Wildman–Crippen MR) is 88.1 cm³/mol. The lowest BCUT2D eigenvalue weighted by atomic mass is 10.1. The number of carbonyl (C=O) groups excluding carboxylic acids is 1. The zero-order chi connectivity index (χ0) is 16.4. The van der Waals surface area contributed by atoms with E-state index in [0.717, 1.165) is 5.56 Å². The summed E-state index contributed by atoms with van der Waals surface area (Å²) >= 11 is 0. The van der Waals surface area contributed by atoms with Gasteiger partial charge in [-0.2, -0.15) is 0 Å². The summed E-state index contributed by atoms with van der Waals surface area (Å²) in [5.74, 6) is 6.13. The molecule has 0 aliphatic heterocycles. The van der Waals surface area contributed by atoms with Crippen LogP contribution < -0.4 is 4.74 Å². The molecule has 0 radical (unpaired) electrons. The maximum atomic E-state index is 11.8. The normalized spacial score (nSPS) is 8.73. The van der Waals surface area contributed by atoms with Crippen molar-refractivity contribution in [2.45, 2.75) is 13.8 Å². The van der Waals surface area contributed by atoms with Crippen molar-refractivity contribution in [1.82, 2.24) is 0 Å². The van der Waals surface area contributed by atoms with Crippen molar-refractivity contribution in [2.24, 2.45) is 0 Å². The number of rotatable bonds is 2. The van der Waals surface area contributed by atoms with E-state index in [0.29, 0.717) is 16.9 Å². The fourth-order valence-electron chi connectivity index (χ4n) is 1.77. The van der Waals surface area contributed by atoms with Crippen molar-refractivity contribution in [3.63, 3.8) is 0 Å². The third-order valence-electron chi connectivity index (χ3n) is 2.76. The molecule has 22 heavy (non-hydrogen) atoms. The summed E-state index contributed by atoms with van der Waals surface area (Å²) in [4.78, 5) is 11.8. The Morgan fingerprint density at radius 1 is 0.909 bits per heavy atom. The van der Waals surface area contributed by atoms with E-state index in [9.17, 15) is 4.79 Å². The highest BCUT2D eigenvalue weighted by molar-refractivity contribution is 5.93. The van der Waals surface area contributed by atoms with Gasteiger partial charge in [-0.1, -0.05) is 50.0 Å². The van der Waals surface area contributed by atoms with Crippen molar-refractivity contribution in [3.05, 3.63) is 65.2 Å². The lowest BCUT2D eigenvalue weighted by Gasteiger charge is -2.07. The Balaban J connectivity index is 0.00000116. The zero-order valence-corrected chi connectivity index (χ0v) is 13.3. The fourth-order valence-corrected chi connectivity index (χ4v) is 1.77. The van der Waals surface area contributed by atoms with E-state index in [4.69, 9.17) is 9.47 Å². The molecule has 0 saturated heterocycles. The number of hydrogen-bond donors (Lipinski definition) is 0. The van der Waals surface area contributed by atoms with Crippen molar-refractivity contribution >= 4 is 5.97 Å². The lowest BCUT2D eigenvalue weighted by Crippen LogP contribution is -2.05. The molecule has 0 aromatic heterocycles. The number of hydrogen-bond acceptors (Lipinski definition) is 3. The van der Waals surface area contributed by atoms with E-state index in [-0.39, 0.29) is 0 Å². The maximum Gasteiger partial charge on any atom is 0.339 e.